The summed E-state index contributed by atoms with van der Waals surface area (Å²) in [4.78, 5) is 0. The molecular weight excluding hydrogens is 178 g/mol. The van der Waals surface area contributed by atoms with Crippen LogP contribution in [0.3, 0.4) is 0 Å². The molecule has 0 aliphatic heterocycles. The summed E-state index contributed by atoms with van der Waals surface area (Å²) in [7, 11) is 1.46. The molecule has 0 saturated heterocycles. The van der Waals surface area contributed by atoms with Crippen LogP contribution in [0.4, 0.5) is 5.69 Å². The molecule has 0 aliphatic rings. The summed E-state index contributed by atoms with van der Waals surface area (Å²) in [6.45, 7) is 1.79. The van der Waals surface area contributed by atoms with Crippen LogP contribution < -0.4 is 10.5 Å². The van der Waals surface area contributed by atoms with Gasteiger partial charge in [0, 0.05) is 0 Å². The molecule has 0 aliphatic carbocycles. The van der Waals surface area contributed by atoms with Crippen molar-refractivity contribution in [3.05, 3.63) is 16.7 Å². The largest absolute Gasteiger partial charge is 0.503 e. The van der Waals surface area contributed by atoms with E-state index in [1.165, 1.54) is 7.11 Å². The van der Waals surface area contributed by atoms with Gasteiger partial charge in [-0.2, -0.15) is 0 Å². The van der Waals surface area contributed by atoms with Gasteiger partial charge in [0.1, 0.15) is 0 Å². The number of aryl methyl sites for hydroxylation is 1. The minimum atomic E-state index is -0.104. The smallest absolute Gasteiger partial charge is 0.182 e. The molecular formula is C8H10ClNO2. The number of nitrogen functional groups attached to an aromatic ring is 1. The number of ether oxygens (including phenoxy) is 1. The van der Waals surface area contributed by atoms with Crippen molar-refractivity contribution in [2.45, 2.75) is 6.92 Å². The average molecular weight is 188 g/mol. The van der Waals surface area contributed by atoms with E-state index in [1.54, 1.807) is 13.0 Å². The average Bonchev–Trinajstić information content (AvgIpc) is 2.08. The fourth-order valence-corrected chi connectivity index (χ4v) is 1.08. The van der Waals surface area contributed by atoms with Crippen molar-refractivity contribution in [3.8, 4) is 11.5 Å². The van der Waals surface area contributed by atoms with Crippen LogP contribution in [0.25, 0.3) is 0 Å². The molecule has 1 aromatic rings. The van der Waals surface area contributed by atoms with Crippen LogP contribution in [0, 0.1) is 6.92 Å². The molecule has 0 bridgehead atoms. The number of anilines is 1. The molecule has 0 fully saturated rings. The molecule has 1 rings (SSSR count). The quantitative estimate of drug-likeness (QED) is 0.522. The zero-order valence-corrected chi connectivity index (χ0v) is 7.64. The summed E-state index contributed by atoms with van der Waals surface area (Å²) < 4.78 is 4.87. The molecule has 4 heteroatoms. The third-order valence-corrected chi connectivity index (χ3v) is 2.14. The molecule has 0 amide bonds. The molecule has 1 aromatic carbocycles. The normalized spacial score (nSPS) is 9.92. The first kappa shape index (κ1) is 9.00. The Morgan fingerprint density at radius 2 is 2.17 bits per heavy atom. The molecule has 0 atom stereocenters. The van der Waals surface area contributed by atoms with Gasteiger partial charge in [0.2, 0.25) is 0 Å². The number of benzene rings is 1. The Bertz CT molecular complexity index is 312. The number of aromatic hydroxyl groups is 1. The van der Waals surface area contributed by atoms with Crippen LogP contribution in [-0.4, -0.2) is 12.2 Å². The van der Waals surface area contributed by atoms with Crippen LogP contribution in [-0.2, 0) is 0 Å². The lowest BCUT2D eigenvalue weighted by Crippen LogP contribution is -1.93. The predicted octanol–water partition coefficient (Wildman–Crippen LogP) is 1.94. The number of nitrogens with two attached hydrogens (primary N) is 1. The number of rotatable bonds is 1. The highest BCUT2D eigenvalue weighted by Crippen LogP contribution is 2.39. The van der Waals surface area contributed by atoms with E-state index in [2.05, 4.69) is 0 Å². The second-order valence-electron chi connectivity index (χ2n) is 2.47. The third kappa shape index (κ3) is 1.28. The van der Waals surface area contributed by atoms with E-state index < -0.39 is 0 Å². The van der Waals surface area contributed by atoms with Crippen LogP contribution >= 0.6 is 11.6 Å². The summed E-state index contributed by atoms with van der Waals surface area (Å²) >= 11 is 5.77. The van der Waals surface area contributed by atoms with Crippen molar-refractivity contribution < 1.29 is 9.84 Å². The van der Waals surface area contributed by atoms with Gasteiger partial charge in [-0.25, -0.2) is 0 Å². The number of hydrogen-bond donors (Lipinski definition) is 2. The Morgan fingerprint density at radius 1 is 1.58 bits per heavy atom. The Morgan fingerprint density at radius 3 is 2.67 bits per heavy atom. The van der Waals surface area contributed by atoms with Crippen molar-refractivity contribution in [2.24, 2.45) is 0 Å². The molecule has 3 nitrogen and oxygen atoms in total. The monoisotopic (exact) mass is 187 g/mol. The van der Waals surface area contributed by atoms with Crippen molar-refractivity contribution in [1.82, 2.24) is 0 Å². The zero-order valence-electron chi connectivity index (χ0n) is 6.89. The van der Waals surface area contributed by atoms with E-state index in [1.807, 2.05) is 0 Å². The lowest BCUT2D eigenvalue weighted by atomic mass is 10.2. The van der Waals surface area contributed by atoms with Crippen molar-refractivity contribution >= 4 is 17.3 Å². The van der Waals surface area contributed by atoms with Gasteiger partial charge in [-0.15, -0.1) is 0 Å². The fourth-order valence-electron chi connectivity index (χ4n) is 0.933. The molecule has 0 unspecified atom stereocenters. The third-order valence-electron chi connectivity index (χ3n) is 1.64. The maximum absolute atomic E-state index is 9.37. The van der Waals surface area contributed by atoms with Gasteiger partial charge in [0.25, 0.3) is 0 Å². The van der Waals surface area contributed by atoms with Gasteiger partial charge in [0.15, 0.2) is 11.5 Å². The van der Waals surface area contributed by atoms with Crippen molar-refractivity contribution in [3.63, 3.8) is 0 Å². The van der Waals surface area contributed by atoms with E-state index >= 15 is 0 Å². The fraction of sp³-hybridized carbons (Fsp3) is 0.250. The second kappa shape index (κ2) is 3.11. The number of phenolic OH excluding ortho intramolecular Hbond substituents is 1. The van der Waals surface area contributed by atoms with Crippen molar-refractivity contribution in [2.75, 3.05) is 12.8 Å². The zero-order chi connectivity index (χ0) is 9.30. The van der Waals surface area contributed by atoms with Crippen LogP contribution in [0.2, 0.25) is 5.02 Å². The first-order chi connectivity index (χ1) is 5.57. The Labute approximate surface area is 75.7 Å². The molecule has 0 aromatic heterocycles. The maximum Gasteiger partial charge on any atom is 0.182 e. The van der Waals surface area contributed by atoms with Gasteiger partial charge in [-0.05, 0) is 18.6 Å². The highest BCUT2D eigenvalue weighted by molar-refractivity contribution is 6.34. The second-order valence-corrected chi connectivity index (χ2v) is 2.85. The Hall–Kier alpha value is -1.09. The van der Waals surface area contributed by atoms with E-state index in [9.17, 15) is 5.11 Å². The Balaban J connectivity index is 3.39. The van der Waals surface area contributed by atoms with Crippen LogP contribution in [0.5, 0.6) is 11.5 Å². The molecule has 0 radical (unpaired) electrons. The lowest BCUT2D eigenvalue weighted by Gasteiger charge is -2.09. The molecule has 12 heavy (non-hydrogen) atoms. The van der Waals surface area contributed by atoms with Crippen molar-refractivity contribution in [1.29, 1.82) is 0 Å². The number of phenols is 1. The summed E-state index contributed by atoms with van der Waals surface area (Å²) in [6.07, 6.45) is 0. The summed E-state index contributed by atoms with van der Waals surface area (Å²) in [5, 5.41) is 9.74. The van der Waals surface area contributed by atoms with Crippen LogP contribution in [0.15, 0.2) is 6.07 Å². The number of hydrogen-bond acceptors (Lipinski definition) is 3. The molecule has 0 heterocycles. The lowest BCUT2D eigenvalue weighted by molar-refractivity contribution is 0.374. The predicted molar refractivity (Wildman–Crippen MR) is 48.8 cm³/mol. The minimum absolute atomic E-state index is 0.104. The molecule has 0 saturated carbocycles. The highest BCUT2D eigenvalue weighted by atomic mass is 35.5. The number of methoxy groups -OCH3 is 1. The van der Waals surface area contributed by atoms with E-state index in [-0.39, 0.29) is 11.4 Å². The van der Waals surface area contributed by atoms with E-state index in [0.29, 0.717) is 10.8 Å². The first-order valence-electron chi connectivity index (χ1n) is 3.39. The minimum Gasteiger partial charge on any atom is -0.503 e. The van der Waals surface area contributed by atoms with Gasteiger partial charge < -0.3 is 15.6 Å². The summed E-state index contributed by atoms with van der Waals surface area (Å²) in [5.74, 6) is 0.238. The highest BCUT2D eigenvalue weighted by Gasteiger charge is 2.11. The summed E-state index contributed by atoms with van der Waals surface area (Å²) in [5.41, 5.74) is 6.44. The maximum atomic E-state index is 9.37. The molecule has 0 spiro atoms. The van der Waals surface area contributed by atoms with Gasteiger partial charge in [0.05, 0.1) is 17.8 Å². The van der Waals surface area contributed by atoms with Gasteiger partial charge in [-0.1, -0.05) is 11.6 Å². The summed E-state index contributed by atoms with van der Waals surface area (Å²) in [6, 6.07) is 1.63. The SMILES string of the molecule is COc1cc(C)c(Cl)c(N)c1O. The molecule has 3 N–H and O–H groups in total. The van der Waals surface area contributed by atoms with Gasteiger partial charge >= 0.3 is 0 Å². The number of halogens is 1. The first-order valence-corrected chi connectivity index (χ1v) is 3.77. The Kier molecular flexibility index (Phi) is 2.33. The van der Waals surface area contributed by atoms with E-state index in [4.69, 9.17) is 22.1 Å². The standard InChI is InChI=1S/C8H10ClNO2/c1-4-3-5(12-2)8(11)7(10)6(4)9/h3,11H,10H2,1-2H3. The van der Waals surface area contributed by atoms with E-state index in [0.717, 1.165) is 5.56 Å². The molecule has 66 valence electrons. The van der Waals surface area contributed by atoms with Crippen LogP contribution in [0.1, 0.15) is 5.56 Å². The topological polar surface area (TPSA) is 55.5 Å². The van der Waals surface area contributed by atoms with Gasteiger partial charge in [-0.3, -0.25) is 0 Å².